The van der Waals surface area contributed by atoms with E-state index in [1.165, 1.54) is 64.2 Å². The molecule has 0 heterocycles. The van der Waals surface area contributed by atoms with Crippen LogP contribution in [0, 0.1) is 6.92 Å². The quantitative estimate of drug-likeness (QED) is 0.294. The van der Waals surface area contributed by atoms with Crippen LogP contribution in [0.15, 0.2) is 11.6 Å². The largest absolute Gasteiger partial charge is 0.0853 e. The highest BCUT2D eigenvalue weighted by Gasteiger charge is 1.95. The van der Waals surface area contributed by atoms with Crippen molar-refractivity contribution in [3.63, 3.8) is 0 Å². The lowest BCUT2D eigenvalue weighted by Gasteiger charge is -2.05. The molecule has 0 aromatic rings. The van der Waals surface area contributed by atoms with Gasteiger partial charge in [-0.2, -0.15) is 0 Å². The van der Waals surface area contributed by atoms with Crippen LogP contribution in [0.4, 0.5) is 0 Å². The molecule has 0 saturated heterocycles. The molecule has 0 saturated carbocycles. The van der Waals surface area contributed by atoms with Crippen molar-refractivity contribution in [2.75, 3.05) is 0 Å². The summed E-state index contributed by atoms with van der Waals surface area (Å²) in [5, 5.41) is 0. The fourth-order valence-corrected chi connectivity index (χ4v) is 1.97. The minimum Gasteiger partial charge on any atom is -0.0853 e. The van der Waals surface area contributed by atoms with Crippen LogP contribution in [0.2, 0.25) is 0 Å². The molecule has 0 atom stereocenters. The zero-order chi connectivity index (χ0) is 12.1. The van der Waals surface area contributed by atoms with E-state index in [4.69, 9.17) is 0 Å². The van der Waals surface area contributed by atoms with Gasteiger partial charge < -0.3 is 0 Å². The minimum absolute atomic E-state index is 1.01. The second-order valence-electron chi connectivity index (χ2n) is 4.77. The normalized spacial score (nSPS) is 12.1. The summed E-state index contributed by atoms with van der Waals surface area (Å²) in [7, 11) is 0. The molecule has 0 fully saturated rings. The first-order chi connectivity index (χ1) is 7.85. The molecule has 95 valence electrons. The second-order valence-corrected chi connectivity index (χ2v) is 4.77. The van der Waals surface area contributed by atoms with Crippen LogP contribution >= 0.6 is 0 Å². The maximum absolute atomic E-state index is 4.02. The predicted octanol–water partition coefficient (Wildman–Crippen LogP) is 6.08. The van der Waals surface area contributed by atoms with Crippen molar-refractivity contribution in [3.8, 4) is 0 Å². The Morgan fingerprint density at radius 2 is 1.50 bits per heavy atom. The van der Waals surface area contributed by atoms with E-state index in [1.54, 1.807) is 5.57 Å². The molecule has 0 spiro atoms. The molecule has 0 rings (SSSR count). The Balaban J connectivity index is 3.43. The predicted molar refractivity (Wildman–Crippen MR) is 75.6 cm³/mol. The summed E-state index contributed by atoms with van der Waals surface area (Å²) in [5.74, 6) is 0. The fraction of sp³-hybridized carbons (Fsp3) is 0.812. The molecule has 0 aromatic heterocycles. The smallest absolute Gasteiger partial charge is 0.0320 e. The van der Waals surface area contributed by atoms with Crippen molar-refractivity contribution in [2.45, 2.75) is 84.5 Å². The second kappa shape index (κ2) is 12.8. The fourth-order valence-electron chi connectivity index (χ4n) is 1.97. The van der Waals surface area contributed by atoms with Crippen LogP contribution in [-0.2, 0) is 0 Å². The van der Waals surface area contributed by atoms with Crippen LogP contribution in [-0.4, -0.2) is 0 Å². The van der Waals surface area contributed by atoms with Gasteiger partial charge in [-0.1, -0.05) is 70.4 Å². The van der Waals surface area contributed by atoms with Crippen LogP contribution in [0.3, 0.4) is 0 Å². The first-order valence-corrected chi connectivity index (χ1v) is 7.32. The Labute approximate surface area is 104 Å². The van der Waals surface area contributed by atoms with E-state index in [2.05, 4.69) is 26.8 Å². The maximum atomic E-state index is 4.02. The van der Waals surface area contributed by atoms with Crippen molar-refractivity contribution in [1.29, 1.82) is 0 Å². The van der Waals surface area contributed by atoms with Gasteiger partial charge in [0.15, 0.2) is 0 Å². The molecule has 0 N–H and O–H groups in total. The number of unbranched alkanes of at least 4 members (excludes halogenated alkanes) is 7. The number of rotatable bonds is 11. The standard InChI is InChI=1S/C16H31/c1-4-7-9-10-11-13-15-16(6-3)14-12-8-5-2/h14H,3-13,15H2,1-2H3. The molecule has 0 bridgehead atoms. The molecule has 0 aliphatic rings. The minimum atomic E-state index is 1.01. The van der Waals surface area contributed by atoms with Crippen molar-refractivity contribution >= 4 is 0 Å². The van der Waals surface area contributed by atoms with Gasteiger partial charge in [-0.15, -0.1) is 0 Å². The topological polar surface area (TPSA) is 0 Å². The Morgan fingerprint density at radius 1 is 0.875 bits per heavy atom. The lowest BCUT2D eigenvalue weighted by molar-refractivity contribution is 0.604. The number of allylic oxidation sites excluding steroid dienone is 2. The zero-order valence-corrected chi connectivity index (χ0v) is 11.6. The number of hydrogen-bond donors (Lipinski definition) is 0. The zero-order valence-electron chi connectivity index (χ0n) is 11.6. The van der Waals surface area contributed by atoms with E-state index < -0.39 is 0 Å². The summed E-state index contributed by atoms with van der Waals surface area (Å²) in [6, 6.07) is 0. The van der Waals surface area contributed by atoms with E-state index in [9.17, 15) is 0 Å². The van der Waals surface area contributed by atoms with Gasteiger partial charge in [0.05, 0.1) is 0 Å². The van der Waals surface area contributed by atoms with Gasteiger partial charge in [-0.3, -0.25) is 0 Å². The lowest BCUT2D eigenvalue weighted by atomic mass is 10.0. The van der Waals surface area contributed by atoms with E-state index in [1.807, 2.05) is 0 Å². The summed E-state index contributed by atoms with van der Waals surface area (Å²) < 4.78 is 0. The van der Waals surface area contributed by atoms with Crippen molar-refractivity contribution in [1.82, 2.24) is 0 Å². The Hall–Kier alpha value is -0.260. The van der Waals surface area contributed by atoms with E-state index in [0.29, 0.717) is 0 Å². The van der Waals surface area contributed by atoms with Crippen LogP contribution in [0.5, 0.6) is 0 Å². The van der Waals surface area contributed by atoms with Gasteiger partial charge >= 0.3 is 0 Å². The summed E-state index contributed by atoms with van der Waals surface area (Å²) >= 11 is 0. The monoisotopic (exact) mass is 223 g/mol. The molecule has 0 unspecified atom stereocenters. The highest BCUT2D eigenvalue weighted by molar-refractivity contribution is 5.02. The Morgan fingerprint density at radius 3 is 2.12 bits per heavy atom. The van der Waals surface area contributed by atoms with Crippen LogP contribution in [0.25, 0.3) is 0 Å². The molecule has 0 aromatic carbocycles. The van der Waals surface area contributed by atoms with E-state index in [0.717, 1.165) is 6.42 Å². The van der Waals surface area contributed by atoms with E-state index >= 15 is 0 Å². The molecule has 0 nitrogen and oxygen atoms in total. The SMILES string of the molecule is [CH2]CC(=CCCCC)CCCCCCCC. The van der Waals surface area contributed by atoms with Crippen LogP contribution in [0.1, 0.15) is 84.5 Å². The highest BCUT2D eigenvalue weighted by atomic mass is 14.0. The van der Waals surface area contributed by atoms with Gasteiger partial charge in [0.1, 0.15) is 0 Å². The van der Waals surface area contributed by atoms with Crippen molar-refractivity contribution < 1.29 is 0 Å². The maximum Gasteiger partial charge on any atom is -0.0320 e. The van der Waals surface area contributed by atoms with E-state index in [-0.39, 0.29) is 0 Å². The van der Waals surface area contributed by atoms with Gasteiger partial charge in [0.25, 0.3) is 0 Å². The summed E-state index contributed by atoms with van der Waals surface area (Å²) in [4.78, 5) is 0. The molecular formula is C16H31. The van der Waals surface area contributed by atoms with Gasteiger partial charge in [-0.25, -0.2) is 0 Å². The summed E-state index contributed by atoms with van der Waals surface area (Å²) in [5.41, 5.74) is 1.59. The van der Waals surface area contributed by atoms with Gasteiger partial charge in [0.2, 0.25) is 0 Å². The number of hydrogen-bond acceptors (Lipinski definition) is 0. The lowest BCUT2D eigenvalue weighted by Crippen LogP contribution is -1.85. The van der Waals surface area contributed by atoms with Crippen molar-refractivity contribution in [2.24, 2.45) is 0 Å². The molecule has 0 amide bonds. The summed E-state index contributed by atoms with van der Waals surface area (Å²) in [6.45, 7) is 8.56. The average molecular weight is 223 g/mol. The Kier molecular flexibility index (Phi) is 12.6. The third kappa shape index (κ3) is 10.3. The molecule has 0 aliphatic heterocycles. The van der Waals surface area contributed by atoms with Crippen LogP contribution < -0.4 is 0 Å². The molecular weight excluding hydrogens is 192 g/mol. The first kappa shape index (κ1) is 15.7. The average Bonchev–Trinajstić information content (AvgIpc) is 2.31. The van der Waals surface area contributed by atoms with Gasteiger partial charge in [-0.05, 0) is 32.6 Å². The summed E-state index contributed by atoms with van der Waals surface area (Å²) in [6.07, 6.45) is 17.0. The molecule has 16 heavy (non-hydrogen) atoms. The van der Waals surface area contributed by atoms with Gasteiger partial charge in [0, 0.05) is 0 Å². The highest BCUT2D eigenvalue weighted by Crippen LogP contribution is 2.15. The molecule has 1 radical (unpaired) electrons. The third-order valence-electron chi connectivity index (χ3n) is 3.16. The van der Waals surface area contributed by atoms with Crippen molar-refractivity contribution in [3.05, 3.63) is 18.6 Å². The Bertz CT molecular complexity index is 155. The molecule has 0 aliphatic carbocycles. The third-order valence-corrected chi connectivity index (χ3v) is 3.16. The molecule has 0 heteroatoms. The first-order valence-electron chi connectivity index (χ1n) is 7.32.